The number of hydrogen-bond donors (Lipinski definition) is 1. The average Bonchev–Trinajstić information content (AvgIpc) is 2.68. The molecule has 0 aliphatic heterocycles. The van der Waals surface area contributed by atoms with Crippen LogP contribution in [0.25, 0.3) is 44.0 Å². The van der Waals surface area contributed by atoms with E-state index in [0.29, 0.717) is 16.4 Å². The van der Waals surface area contributed by atoms with Gasteiger partial charge in [0.05, 0.1) is 16.4 Å². The summed E-state index contributed by atoms with van der Waals surface area (Å²) in [4.78, 5) is 21.6. The van der Waals surface area contributed by atoms with E-state index in [1.165, 1.54) is 0 Å². The van der Waals surface area contributed by atoms with Crippen LogP contribution in [0.3, 0.4) is 0 Å². The van der Waals surface area contributed by atoms with Crippen LogP contribution in [0, 0.1) is 6.92 Å². The molecular weight excluding hydrogens is 320 g/mol. The van der Waals surface area contributed by atoms with E-state index in [9.17, 15) is 4.79 Å². The van der Waals surface area contributed by atoms with E-state index in [1.807, 2.05) is 79.7 Å². The lowest BCUT2D eigenvalue weighted by atomic mass is 9.96. The molecule has 3 nitrogen and oxygen atoms in total. The summed E-state index contributed by atoms with van der Waals surface area (Å²) in [5.41, 5.74) is 5.39. The fourth-order valence-corrected chi connectivity index (χ4v) is 3.70. The zero-order valence-electron chi connectivity index (χ0n) is 14.3. The maximum Gasteiger partial charge on any atom is 0.199 e. The lowest BCUT2D eigenvalue weighted by Crippen LogP contribution is -2.08. The number of aromatic nitrogens is 2. The molecule has 3 heteroatoms. The summed E-state index contributed by atoms with van der Waals surface area (Å²) in [6, 6.07) is 23.8. The smallest absolute Gasteiger partial charge is 0.199 e. The van der Waals surface area contributed by atoms with Crippen LogP contribution < -0.4 is 5.43 Å². The van der Waals surface area contributed by atoms with Gasteiger partial charge < -0.3 is 4.98 Å². The number of H-pyrrole nitrogens is 1. The molecule has 0 aliphatic carbocycles. The van der Waals surface area contributed by atoms with E-state index in [1.54, 1.807) is 0 Å². The minimum absolute atomic E-state index is 0.0227. The van der Waals surface area contributed by atoms with Crippen molar-refractivity contribution in [3.63, 3.8) is 0 Å². The highest BCUT2D eigenvalue weighted by atomic mass is 16.1. The van der Waals surface area contributed by atoms with E-state index < -0.39 is 0 Å². The molecule has 5 aromatic rings. The Kier molecular flexibility index (Phi) is 3.16. The Bertz CT molecular complexity index is 1350. The lowest BCUT2D eigenvalue weighted by molar-refractivity contribution is 1.34. The van der Waals surface area contributed by atoms with Crippen molar-refractivity contribution in [3.05, 3.63) is 88.6 Å². The van der Waals surface area contributed by atoms with Gasteiger partial charge in [0, 0.05) is 16.3 Å². The summed E-state index contributed by atoms with van der Waals surface area (Å²) in [5, 5.41) is 2.34. The van der Waals surface area contributed by atoms with Crippen LogP contribution in [-0.4, -0.2) is 9.97 Å². The zero-order chi connectivity index (χ0) is 17.7. The van der Waals surface area contributed by atoms with Crippen LogP contribution in [-0.2, 0) is 0 Å². The first kappa shape index (κ1) is 14.8. The predicted molar refractivity (Wildman–Crippen MR) is 108 cm³/mol. The van der Waals surface area contributed by atoms with Gasteiger partial charge in [-0.25, -0.2) is 4.98 Å². The maximum atomic E-state index is 13.4. The van der Waals surface area contributed by atoms with E-state index in [2.05, 4.69) is 4.98 Å². The Hall–Kier alpha value is -3.46. The molecule has 0 radical (unpaired) electrons. The minimum Gasteiger partial charge on any atom is -0.339 e. The maximum absolute atomic E-state index is 13.4. The number of pyridine rings is 2. The number of nitrogens with zero attached hydrogens (tertiary/aromatic N) is 1. The third-order valence-electron chi connectivity index (χ3n) is 4.94. The van der Waals surface area contributed by atoms with E-state index in [4.69, 9.17) is 4.98 Å². The van der Waals surface area contributed by atoms with E-state index in [0.717, 1.165) is 33.1 Å². The van der Waals surface area contributed by atoms with Crippen LogP contribution in [0.2, 0.25) is 0 Å². The molecule has 0 saturated heterocycles. The van der Waals surface area contributed by atoms with Crippen LogP contribution in [0.15, 0.2) is 77.6 Å². The summed E-state index contributed by atoms with van der Waals surface area (Å²) in [5.74, 6) is 0. The lowest BCUT2D eigenvalue weighted by Gasteiger charge is -2.12. The summed E-state index contributed by atoms with van der Waals surface area (Å²) < 4.78 is 0. The van der Waals surface area contributed by atoms with Crippen molar-refractivity contribution >= 4 is 32.8 Å². The number of benzene rings is 3. The molecule has 2 aromatic heterocycles. The predicted octanol–water partition coefficient (Wildman–Crippen LogP) is 5.20. The van der Waals surface area contributed by atoms with Gasteiger partial charge in [-0.2, -0.15) is 0 Å². The Morgan fingerprint density at radius 2 is 1.54 bits per heavy atom. The molecule has 0 saturated carbocycles. The molecule has 0 fully saturated rings. The highest BCUT2D eigenvalue weighted by Gasteiger charge is 2.16. The molecule has 0 amide bonds. The number of para-hydroxylation sites is 2. The molecule has 3 aromatic carbocycles. The van der Waals surface area contributed by atoms with Gasteiger partial charge in [0.1, 0.15) is 5.65 Å². The highest BCUT2D eigenvalue weighted by Crippen LogP contribution is 2.33. The summed E-state index contributed by atoms with van der Waals surface area (Å²) in [6.07, 6.45) is 0. The first-order valence-electron chi connectivity index (χ1n) is 8.63. The summed E-state index contributed by atoms with van der Waals surface area (Å²) >= 11 is 0. The van der Waals surface area contributed by atoms with Crippen LogP contribution in [0.1, 0.15) is 5.56 Å². The number of nitrogens with one attached hydrogen (secondary N) is 1. The molecule has 5 rings (SSSR count). The molecule has 0 bridgehead atoms. The fourth-order valence-electron chi connectivity index (χ4n) is 3.70. The quantitative estimate of drug-likeness (QED) is 0.427. The average molecular weight is 336 g/mol. The SMILES string of the molecule is Cc1cccc2c(=O)c3c(-c4ccccc4)c4ccccc4nc3[nH]c12. The Balaban J connectivity index is 2.10. The molecule has 0 aliphatic rings. The first-order chi connectivity index (χ1) is 12.7. The van der Waals surface area contributed by atoms with Crippen LogP contribution in [0.4, 0.5) is 0 Å². The topological polar surface area (TPSA) is 45.8 Å². The van der Waals surface area contributed by atoms with Gasteiger partial charge in [-0.15, -0.1) is 0 Å². The number of aryl methyl sites for hydroxylation is 1. The number of rotatable bonds is 1. The van der Waals surface area contributed by atoms with E-state index >= 15 is 0 Å². The van der Waals surface area contributed by atoms with E-state index in [-0.39, 0.29) is 5.43 Å². The Morgan fingerprint density at radius 1 is 0.808 bits per heavy atom. The monoisotopic (exact) mass is 336 g/mol. The van der Waals surface area contributed by atoms with Crippen LogP contribution >= 0.6 is 0 Å². The van der Waals surface area contributed by atoms with Gasteiger partial charge in [0.15, 0.2) is 5.43 Å². The third kappa shape index (κ3) is 2.07. The normalized spacial score (nSPS) is 11.4. The van der Waals surface area contributed by atoms with Gasteiger partial charge in [0.2, 0.25) is 0 Å². The fraction of sp³-hybridized carbons (Fsp3) is 0.0435. The molecule has 0 atom stereocenters. The molecule has 1 N–H and O–H groups in total. The largest absolute Gasteiger partial charge is 0.339 e. The minimum atomic E-state index is 0.0227. The van der Waals surface area contributed by atoms with Gasteiger partial charge in [0.25, 0.3) is 0 Å². The molecule has 26 heavy (non-hydrogen) atoms. The van der Waals surface area contributed by atoms with Crippen molar-refractivity contribution in [2.75, 3.05) is 0 Å². The molecular formula is C23H16N2O. The Morgan fingerprint density at radius 3 is 2.38 bits per heavy atom. The second kappa shape index (κ2) is 5.53. The van der Waals surface area contributed by atoms with Crippen molar-refractivity contribution in [2.24, 2.45) is 0 Å². The number of fused-ring (bicyclic) bond motifs is 3. The molecule has 0 unspecified atom stereocenters. The van der Waals surface area contributed by atoms with Crippen molar-refractivity contribution in [1.29, 1.82) is 0 Å². The van der Waals surface area contributed by atoms with Gasteiger partial charge in [-0.05, 0) is 30.2 Å². The standard InChI is InChI=1S/C23H16N2O/c1-14-8-7-12-17-21(14)25-23-20(22(17)26)19(15-9-3-2-4-10-15)16-11-5-6-13-18(16)24-23/h2-13H,1H3,(H,24,25,26). The molecule has 2 heterocycles. The van der Waals surface area contributed by atoms with Crippen molar-refractivity contribution in [3.8, 4) is 11.1 Å². The number of aromatic amines is 1. The first-order valence-corrected chi connectivity index (χ1v) is 8.63. The van der Waals surface area contributed by atoms with Crippen molar-refractivity contribution in [2.45, 2.75) is 6.92 Å². The molecule has 0 spiro atoms. The summed E-state index contributed by atoms with van der Waals surface area (Å²) in [6.45, 7) is 2.00. The van der Waals surface area contributed by atoms with Crippen LogP contribution in [0.5, 0.6) is 0 Å². The van der Waals surface area contributed by atoms with Gasteiger partial charge in [-0.1, -0.05) is 60.7 Å². The molecule has 124 valence electrons. The second-order valence-electron chi connectivity index (χ2n) is 6.55. The summed E-state index contributed by atoms with van der Waals surface area (Å²) in [7, 11) is 0. The number of hydrogen-bond acceptors (Lipinski definition) is 2. The zero-order valence-corrected chi connectivity index (χ0v) is 14.3. The second-order valence-corrected chi connectivity index (χ2v) is 6.55. The van der Waals surface area contributed by atoms with Crippen molar-refractivity contribution < 1.29 is 0 Å². The third-order valence-corrected chi connectivity index (χ3v) is 4.94. The van der Waals surface area contributed by atoms with Gasteiger partial charge in [-0.3, -0.25) is 4.79 Å². The van der Waals surface area contributed by atoms with Gasteiger partial charge >= 0.3 is 0 Å². The highest BCUT2D eigenvalue weighted by molar-refractivity contribution is 6.10. The van der Waals surface area contributed by atoms with Crippen molar-refractivity contribution in [1.82, 2.24) is 9.97 Å². The Labute approximate surface area is 149 Å².